The molecule has 10 heteroatoms. The quantitative estimate of drug-likeness (QED) is 0.585. The number of rotatable bonds is 8. The van der Waals surface area contributed by atoms with Gasteiger partial charge in [-0.05, 0) is 10.4 Å². The number of halogens is 3. The predicted octanol–water partition coefficient (Wildman–Crippen LogP) is 2.02. The van der Waals surface area contributed by atoms with Gasteiger partial charge in [-0.2, -0.15) is 13.2 Å². The fourth-order valence-corrected chi connectivity index (χ4v) is 2.64. The standard InChI is InChI=1S/C9H16F3N5S2/c1-7(2)13-3-4-17-8(14-15-16-17)18-5-6-19-9(10,11)12/h7,13H,3-6H2,1-2H3. The molecule has 0 amide bonds. The Labute approximate surface area is 118 Å². The van der Waals surface area contributed by atoms with E-state index in [1.165, 1.54) is 11.8 Å². The van der Waals surface area contributed by atoms with Gasteiger partial charge in [-0.25, -0.2) is 4.68 Å². The molecule has 5 nitrogen and oxygen atoms in total. The maximum atomic E-state index is 11.9. The zero-order chi connectivity index (χ0) is 14.3. The van der Waals surface area contributed by atoms with E-state index in [1.807, 2.05) is 13.8 Å². The molecule has 0 atom stereocenters. The van der Waals surface area contributed by atoms with Crippen LogP contribution >= 0.6 is 23.5 Å². The van der Waals surface area contributed by atoms with Crippen LogP contribution < -0.4 is 5.32 Å². The molecule has 0 aliphatic carbocycles. The van der Waals surface area contributed by atoms with Gasteiger partial charge in [0.1, 0.15) is 0 Å². The van der Waals surface area contributed by atoms with Crippen LogP contribution in [0.25, 0.3) is 0 Å². The van der Waals surface area contributed by atoms with Crippen molar-refractivity contribution in [1.82, 2.24) is 25.5 Å². The fourth-order valence-electron chi connectivity index (χ4n) is 1.19. The molecule has 0 saturated heterocycles. The molecule has 1 aromatic heterocycles. The van der Waals surface area contributed by atoms with Crippen molar-refractivity contribution in [3.05, 3.63) is 0 Å². The first-order valence-corrected chi connectivity index (χ1v) is 7.68. The van der Waals surface area contributed by atoms with Gasteiger partial charge in [0.05, 0.1) is 6.54 Å². The molecule has 0 aliphatic rings. The summed E-state index contributed by atoms with van der Waals surface area (Å²) in [5, 5.41) is 14.9. The lowest BCUT2D eigenvalue weighted by Crippen LogP contribution is -2.27. The Balaban J connectivity index is 2.28. The zero-order valence-electron chi connectivity index (χ0n) is 10.6. The lowest BCUT2D eigenvalue weighted by Gasteiger charge is -2.08. The van der Waals surface area contributed by atoms with Gasteiger partial charge in [0.2, 0.25) is 5.16 Å². The van der Waals surface area contributed by atoms with Crippen molar-refractivity contribution in [3.8, 4) is 0 Å². The Morgan fingerprint density at radius 1 is 1.32 bits per heavy atom. The van der Waals surface area contributed by atoms with Crippen LogP contribution in [-0.4, -0.2) is 49.8 Å². The Morgan fingerprint density at radius 2 is 2.05 bits per heavy atom. The van der Waals surface area contributed by atoms with E-state index in [-0.39, 0.29) is 17.5 Å². The minimum atomic E-state index is -4.17. The SMILES string of the molecule is CC(C)NCCn1nnnc1SCCSC(F)(F)F. The van der Waals surface area contributed by atoms with Crippen LogP contribution in [0.5, 0.6) is 0 Å². The van der Waals surface area contributed by atoms with Gasteiger partial charge < -0.3 is 5.32 Å². The fraction of sp³-hybridized carbons (Fsp3) is 0.889. The minimum absolute atomic E-state index is 0.00866. The van der Waals surface area contributed by atoms with Gasteiger partial charge in [0, 0.05) is 24.1 Å². The average Bonchev–Trinajstić information content (AvgIpc) is 2.70. The molecule has 0 radical (unpaired) electrons. The molecule has 1 N–H and O–H groups in total. The van der Waals surface area contributed by atoms with E-state index in [0.717, 1.165) is 0 Å². The summed E-state index contributed by atoms with van der Waals surface area (Å²) >= 11 is 1.20. The summed E-state index contributed by atoms with van der Waals surface area (Å²) in [5.74, 6) is 0.313. The molecule has 0 bridgehead atoms. The molecule has 1 aromatic rings. The normalized spacial score (nSPS) is 12.3. The summed E-state index contributed by atoms with van der Waals surface area (Å²) in [5.41, 5.74) is -4.17. The second-order valence-electron chi connectivity index (χ2n) is 3.94. The van der Waals surface area contributed by atoms with Gasteiger partial charge in [-0.15, -0.1) is 5.10 Å². The van der Waals surface area contributed by atoms with Crippen molar-refractivity contribution in [3.63, 3.8) is 0 Å². The number of alkyl halides is 3. The van der Waals surface area contributed by atoms with Crippen molar-refractivity contribution >= 4 is 23.5 Å². The summed E-state index contributed by atoms with van der Waals surface area (Å²) in [7, 11) is 0. The number of nitrogens with one attached hydrogen (secondary N) is 1. The molecule has 0 fully saturated rings. The van der Waals surface area contributed by atoms with Crippen LogP contribution in [0.15, 0.2) is 5.16 Å². The first kappa shape index (κ1) is 16.6. The summed E-state index contributed by atoms with van der Waals surface area (Å²) in [6, 6.07) is 0.371. The van der Waals surface area contributed by atoms with Crippen LogP contribution in [0, 0.1) is 0 Å². The molecule has 0 unspecified atom stereocenters. The molecule has 0 aromatic carbocycles. The highest BCUT2D eigenvalue weighted by molar-refractivity contribution is 8.03. The van der Waals surface area contributed by atoms with Crippen molar-refractivity contribution in [1.29, 1.82) is 0 Å². The zero-order valence-corrected chi connectivity index (χ0v) is 12.3. The van der Waals surface area contributed by atoms with Crippen LogP contribution in [0.3, 0.4) is 0 Å². The van der Waals surface area contributed by atoms with Crippen molar-refractivity contribution in [2.24, 2.45) is 0 Å². The molecular weight excluding hydrogens is 299 g/mol. The van der Waals surface area contributed by atoms with Crippen LogP contribution in [0.2, 0.25) is 0 Å². The molecule has 1 heterocycles. The van der Waals surface area contributed by atoms with Gasteiger partial charge in [0.15, 0.2) is 0 Å². The Morgan fingerprint density at radius 3 is 2.68 bits per heavy atom. The maximum Gasteiger partial charge on any atom is 0.441 e. The van der Waals surface area contributed by atoms with Gasteiger partial charge in [-0.3, -0.25) is 0 Å². The third-order valence-electron chi connectivity index (χ3n) is 1.96. The smallest absolute Gasteiger partial charge is 0.313 e. The average molecular weight is 315 g/mol. The first-order valence-electron chi connectivity index (χ1n) is 5.71. The van der Waals surface area contributed by atoms with E-state index in [2.05, 4.69) is 20.8 Å². The number of nitrogens with zero attached hydrogens (tertiary/aromatic N) is 4. The first-order chi connectivity index (χ1) is 8.88. The number of hydrogen-bond donors (Lipinski definition) is 1. The van der Waals surface area contributed by atoms with E-state index in [1.54, 1.807) is 4.68 Å². The second kappa shape index (κ2) is 7.95. The van der Waals surface area contributed by atoms with E-state index in [9.17, 15) is 13.2 Å². The van der Waals surface area contributed by atoms with Crippen molar-refractivity contribution in [2.75, 3.05) is 18.1 Å². The summed E-state index contributed by atoms with van der Waals surface area (Å²) in [6.45, 7) is 5.38. The summed E-state index contributed by atoms with van der Waals surface area (Å²) in [4.78, 5) is 0. The molecule has 110 valence electrons. The second-order valence-corrected chi connectivity index (χ2v) is 6.16. The molecule has 0 aliphatic heterocycles. The molecule has 19 heavy (non-hydrogen) atoms. The molecular formula is C9H16F3N5S2. The highest BCUT2D eigenvalue weighted by Gasteiger charge is 2.27. The monoisotopic (exact) mass is 315 g/mol. The van der Waals surface area contributed by atoms with Crippen LogP contribution in [-0.2, 0) is 6.54 Å². The van der Waals surface area contributed by atoms with E-state index in [0.29, 0.717) is 30.0 Å². The third-order valence-corrected chi connectivity index (χ3v) is 3.91. The highest BCUT2D eigenvalue weighted by atomic mass is 32.2. The highest BCUT2D eigenvalue weighted by Crippen LogP contribution is 2.31. The van der Waals surface area contributed by atoms with Crippen LogP contribution in [0.4, 0.5) is 13.2 Å². The minimum Gasteiger partial charge on any atom is -0.313 e. The van der Waals surface area contributed by atoms with Crippen molar-refractivity contribution in [2.45, 2.75) is 37.1 Å². The summed E-state index contributed by atoms with van der Waals surface area (Å²) < 4.78 is 37.4. The number of thioether (sulfide) groups is 2. The molecule has 1 rings (SSSR count). The van der Waals surface area contributed by atoms with Crippen LogP contribution in [0.1, 0.15) is 13.8 Å². The topological polar surface area (TPSA) is 55.6 Å². The Hall–Kier alpha value is -0.480. The van der Waals surface area contributed by atoms with Gasteiger partial charge in [-0.1, -0.05) is 37.4 Å². The number of tetrazole rings is 1. The van der Waals surface area contributed by atoms with Crippen molar-refractivity contribution < 1.29 is 13.2 Å². The lowest BCUT2D eigenvalue weighted by atomic mass is 10.4. The van der Waals surface area contributed by atoms with Gasteiger partial charge in [0.25, 0.3) is 0 Å². The Kier molecular flexibility index (Phi) is 6.94. The summed E-state index contributed by atoms with van der Waals surface area (Å²) in [6.07, 6.45) is 0. The number of hydrogen-bond acceptors (Lipinski definition) is 6. The van der Waals surface area contributed by atoms with E-state index >= 15 is 0 Å². The van der Waals surface area contributed by atoms with Gasteiger partial charge >= 0.3 is 5.51 Å². The van der Waals surface area contributed by atoms with E-state index < -0.39 is 5.51 Å². The third kappa shape index (κ3) is 7.63. The largest absolute Gasteiger partial charge is 0.441 e. The molecule has 0 saturated carbocycles. The van der Waals surface area contributed by atoms with E-state index in [4.69, 9.17) is 0 Å². The predicted molar refractivity (Wildman–Crippen MR) is 70.2 cm³/mol. The lowest BCUT2D eigenvalue weighted by molar-refractivity contribution is -0.0326. The Bertz CT molecular complexity index is 369. The number of aromatic nitrogens is 4. The maximum absolute atomic E-state index is 11.9. The molecule has 0 spiro atoms.